The van der Waals surface area contributed by atoms with Gasteiger partial charge in [0.05, 0.1) is 17.2 Å². The van der Waals surface area contributed by atoms with Crippen LogP contribution in [0.1, 0.15) is 13.8 Å². The number of nitrogens with zero attached hydrogens (tertiary/aromatic N) is 2. The van der Waals surface area contributed by atoms with E-state index in [0.29, 0.717) is 28.7 Å². The van der Waals surface area contributed by atoms with Crippen LogP contribution in [0.15, 0.2) is 47.8 Å². The molecule has 0 aliphatic heterocycles. The molecule has 0 bridgehead atoms. The van der Waals surface area contributed by atoms with E-state index in [1.807, 2.05) is 17.5 Å². The van der Waals surface area contributed by atoms with Gasteiger partial charge in [0.2, 0.25) is 5.91 Å². The Morgan fingerprint density at radius 1 is 1.25 bits per heavy atom. The highest BCUT2D eigenvalue weighted by atomic mass is 32.1. The largest absolute Gasteiger partial charge is 0.487 e. The predicted octanol–water partition coefficient (Wildman–Crippen LogP) is 4.82. The number of nitro groups is 1. The molecule has 0 spiro atoms. The van der Waals surface area contributed by atoms with Gasteiger partial charge in [-0.15, -0.1) is 11.3 Å². The molecule has 8 nitrogen and oxygen atoms in total. The van der Waals surface area contributed by atoms with Gasteiger partial charge >= 0.3 is 5.69 Å². The van der Waals surface area contributed by atoms with Crippen LogP contribution in [0.2, 0.25) is 0 Å². The van der Waals surface area contributed by atoms with Gasteiger partial charge in [0.25, 0.3) is 0 Å². The third-order valence-corrected chi connectivity index (χ3v) is 4.45. The Morgan fingerprint density at radius 2 is 2.04 bits per heavy atom. The summed E-state index contributed by atoms with van der Waals surface area (Å²) in [4.78, 5) is 26.5. The smallest absolute Gasteiger partial charge is 0.311 e. The molecule has 0 aliphatic rings. The number of hydrogen-bond donors (Lipinski definition) is 2. The number of benzene rings is 2. The molecule has 0 atom stereocenters. The van der Waals surface area contributed by atoms with Gasteiger partial charge < -0.3 is 15.4 Å². The summed E-state index contributed by atoms with van der Waals surface area (Å²) in [7, 11) is 0. The maximum absolute atomic E-state index is 11.3. The molecule has 2 N–H and O–H groups in total. The number of aromatic nitrogens is 1. The molecule has 144 valence electrons. The Morgan fingerprint density at radius 3 is 2.75 bits per heavy atom. The summed E-state index contributed by atoms with van der Waals surface area (Å²) in [5.41, 5.74) is 2.61. The molecular weight excluding hydrogens is 380 g/mol. The minimum absolute atomic E-state index is 0.0927. The molecule has 28 heavy (non-hydrogen) atoms. The summed E-state index contributed by atoms with van der Waals surface area (Å²) in [6.45, 7) is 3.57. The van der Waals surface area contributed by atoms with Crippen molar-refractivity contribution in [2.75, 3.05) is 17.2 Å². The van der Waals surface area contributed by atoms with Crippen LogP contribution in [0.4, 0.5) is 22.2 Å². The first-order chi connectivity index (χ1) is 13.5. The molecule has 0 fully saturated rings. The highest BCUT2D eigenvalue weighted by molar-refractivity contribution is 7.14. The lowest BCUT2D eigenvalue weighted by Gasteiger charge is -2.06. The summed E-state index contributed by atoms with van der Waals surface area (Å²) >= 11 is 1.38. The number of amides is 1. The summed E-state index contributed by atoms with van der Waals surface area (Å²) in [6.07, 6.45) is 0. The van der Waals surface area contributed by atoms with E-state index in [1.165, 1.54) is 24.3 Å². The number of carbonyl (C=O) groups excluding carboxylic acids is 1. The summed E-state index contributed by atoms with van der Waals surface area (Å²) < 4.78 is 5.31. The van der Waals surface area contributed by atoms with Crippen LogP contribution in [0.25, 0.3) is 11.3 Å². The van der Waals surface area contributed by atoms with Crippen LogP contribution >= 0.6 is 11.3 Å². The molecule has 1 heterocycles. The number of anilines is 3. The molecule has 0 unspecified atom stereocenters. The number of nitrogens with one attached hydrogen (secondary N) is 2. The van der Waals surface area contributed by atoms with Gasteiger partial charge in [-0.05, 0) is 37.3 Å². The first-order valence-corrected chi connectivity index (χ1v) is 9.36. The molecule has 0 aliphatic carbocycles. The number of hydrogen-bond acceptors (Lipinski definition) is 7. The second kappa shape index (κ2) is 8.49. The van der Waals surface area contributed by atoms with Crippen molar-refractivity contribution < 1.29 is 14.5 Å². The molecule has 9 heteroatoms. The Hall–Kier alpha value is -3.46. The normalized spacial score (nSPS) is 10.4. The van der Waals surface area contributed by atoms with E-state index in [9.17, 15) is 14.9 Å². The fourth-order valence-electron chi connectivity index (χ4n) is 2.56. The van der Waals surface area contributed by atoms with Gasteiger partial charge in [-0.1, -0.05) is 6.07 Å². The molecule has 3 aromatic rings. The first-order valence-electron chi connectivity index (χ1n) is 8.48. The van der Waals surface area contributed by atoms with Gasteiger partial charge in [-0.3, -0.25) is 14.9 Å². The lowest BCUT2D eigenvalue weighted by atomic mass is 10.1. The van der Waals surface area contributed by atoms with Gasteiger partial charge in [0.15, 0.2) is 10.9 Å². The lowest BCUT2D eigenvalue weighted by Crippen LogP contribution is -2.05. The highest BCUT2D eigenvalue weighted by Crippen LogP contribution is 2.34. The standard InChI is InChI=1S/C19H18N4O4S/c1-3-27-18-8-7-13(9-17(18)23(25)26)16-11-28-19(22-16)21-15-6-4-5-14(10-15)20-12(2)24/h4-11H,3H2,1-2H3,(H,20,24)(H,21,22). The number of ether oxygens (including phenoxy) is 1. The van der Waals surface area contributed by atoms with Crippen LogP contribution in [0.5, 0.6) is 5.75 Å². The maximum Gasteiger partial charge on any atom is 0.311 e. The zero-order chi connectivity index (χ0) is 20.1. The molecule has 1 aromatic heterocycles. The van der Waals surface area contributed by atoms with E-state index in [-0.39, 0.29) is 17.3 Å². The van der Waals surface area contributed by atoms with Crippen molar-refractivity contribution in [3.05, 3.63) is 58.0 Å². The first kappa shape index (κ1) is 19.3. The van der Waals surface area contributed by atoms with Crippen molar-refractivity contribution in [2.24, 2.45) is 0 Å². The van der Waals surface area contributed by atoms with E-state index >= 15 is 0 Å². The van der Waals surface area contributed by atoms with E-state index < -0.39 is 4.92 Å². The lowest BCUT2D eigenvalue weighted by molar-refractivity contribution is -0.385. The van der Waals surface area contributed by atoms with E-state index in [2.05, 4.69) is 15.6 Å². The Bertz CT molecular complexity index is 1020. The van der Waals surface area contributed by atoms with Crippen LogP contribution in [-0.2, 0) is 4.79 Å². The molecule has 1 amide bonds. The highest BCUT2D eigenvalue weighted by Gasteiger charge is 2.17. The number of rotatable bonds is 7. The summed E-state index contributed by atoms with van der Waals surface area (Å²) in [6, 6.07) is 12.0. The zero-order valence-corrected chi connectivity index (χ0v) is 16.1. The summed E-state index contributed by atoms with van der Waals surface area (Å²) in [5, 5.41) is 19.6. The van der Waals surface area contributed by atoms with E-state index in [0.717, 1.165) is 5.69 Å². The number of carbonyl (C=O) groups is 1. The quantitative estimate of drug-likeness (QED) is 0.436. The zero-order valence-electron chi connectivity index (χ0n) is 15.3. The molecule has 2 aromatic carbocycles. The van der Waals surface area contributed by atoms with Crippen molar-refractivity contribution in [1.82, 2.24) is 4.98 Å². The molecule has 0 radical (unpaired) electrons. The van der Waals surface area contributed by atoms with Gasteiger partial charge in [-0.2, -0.15) is 0 Å². The minimum atomic E-state index is -0.465. The average Bonchev–Trinajstić information content (AvgIpc) is 3.10. The van der Waals surface area contributed by atoms with Crippen LogP contribution in [0, 0.1) is 10.1 Å². The third-order valence-electron chi connectivity index (χ3n) is 3.69. The van der Waals surface area contributed by atoms with Crippen molar-refractivity contribution in [3.63, 3.8) is 0 Å². The SMILES string of the molecule is CCOc1ccc(-c2csc(Nc3cccc(NC(C)=O)c3)n2)cc1[N+](=O)[O-]. The van der Waals surface area contributed by atoms with E-state index in [4.69, 9.17) is 4.74 Å². The second-order valence-electron chi connectivity index (χ2n) is 5.80. The topological polar surface area (TPSA) is 106 Å². The number of thiazole rings is 1. The molecular formula is C19H18N4O4S. The van der Waals surface area contributed by atoms with E-state index in [1.54, 1.807) is 31.2 Å². The third kappa shape index (κ3) is 4.63. The average molecular weight is 398 g/mol. The monoisotopic (exact) mass is 398 g/mol. The van der Waals surface area contributed by atoms with Crippen molar-refractivity contribution >= 4 is 39.4 Å². The Labute approximate surface area is 165 Å². The summed E-state index contributed by atoms with van der Waals surface area (Å²) in [5.74, 6) is 0.0883. The van der Waals surface area contributed by atoms with Crippen molar-refractivity contribution in [1.29, 1.82) is 0 Å². The predicted molar refractivity (Wildman–Crippen MR) is 109 cm³/mol. The van der Waals surface area contributed by atoms with Crippen molar-refractivity contribution in [3.8, 4) is 17.0 Å². The van der Waals surface area contributed by atoms with Gasteiger partial charge in [0.1, 0.15) is 0 Å². The van der Waals surface area contributed by atoms with Crippen LogP contribution in [-0.4, -0.2) is 22.4 Å². The second-order valence-corrected chi connectivity index (χ2v) is 6.66. The van der Waals surface area contributed by atoms with Crippen molar-refractivity contribution in [2.45, 2.75) is 13.8 Å². The van der Waals surface area contributed by atoms with Crippen LogP contribution in [0.3, 0.4) is 0 Å². The van der Waals surface area contributed by atoms with Gasteiger partial charge in [0, 0.05) is 35.3 Å². The molecule has 0 saturated heterocycles. The molecule has 0 saturated carbocycles. The molecule has 3 rings (SSSR count). The maximum atomic E-state index is 11.3. The number of nitro benzene ring substituents is 1. The fourth-order valence-corrected chi connectivity index (χ4v) is 3.30. The Kier molecular flexibility index (Phi) is 5.85. The fraction of sp³-hybridized carbons (Fsp3) is 0.158. The Balaban J connectivity index is 1.82. The van der Waals surface area contributed by atoms with Crippen LogP contribution < -0.4 is 15.4 Å². The van der Waals surface area contributed by atoms with Gasteiger partial charge in [-0.25, -0.2) is 4.98 Å². The minimum Gasteiger partial charge on any atom is -0.487 e.